The molecule has 0 bridgehead atoms. The summed E-state index contributed by atoms with van der Waals surface area (Å²) in [6.07, 6.45) is 5.45. The SMILES string of the molecule is O=C(Nc1cnn(-c2ccccc2)c1)C1CCCN1. The molecule has 1 fully saturated rings. The normalized spacial score (nSPS) is 18.4. The van der Waals surface area contributed by atoms with Crippen LogP contribution < -0.4 is 10.6 Å². The van der Waals surface area contributed by atoms with Crippen LogP contribution in [0.4, 0.5) is 5.69 Å². The van der Waals surface area contributed by atoms with Crippen molar-refractivity contribution >= 4 is 11.6 Å². The average Bonchev–Trinajstić information content (AvgIpc) is 3.11. The summed E-state index contributed by atoms with van der Waals surface area (Å²) in [5, 5.41) is 10.3. The van der Waals surface area contributed by atoms with Crippen LogP contribution in [0.2, 0.25) is 0 Å². The van der Waals surface area contributed by atoms with E-state index in [9.17, 15) is 4.79 Å². The largest absolute Gasteiger partial charge is 0.322 e. The van der Waals surface area contributed by atoms with Crippen molar-refractivity contribution in [3.05, 3.63) is 42.7 Å². The number of carbonyl (C=O) groups is 1. The number of carbonyl (C=O) groups excluding carboxylic acids is 1. The maximum absolute atomic E-state index is 11.9. The third-order valence-corrected chi connectivity index (χ3v) is 3.25. The first-order valence-electron chi connectivity index (χ1n) is 6.47. The van der Waals surface area contributed by atoms with Gasteiger partial charge >= 0.3 is 0 Å². The number of para-hydroxylation sites is 1. The van der Waals surface area contributed by atoms with Gasteiger partial charge in [-0.1, -0.05) is 18.2 Å². The fraction of sp³-hybridized carbons (Fsp3) is 0.286. The van der Waals surface area contributed by atoms with Crippen LogP contribution in [0.5, 0.6) is 0 Å². The standard InChI is InChI=1S/C14H16N4O/c19-14(13-7-4-8-15-13)17-11-9-16-18(10-11)12-5-2-1-3-6-12/h1-3,5-6,9-10,13,15H,4,7-8H2,(H,17,19). The fourth-order valence-corrected chi connectivity index (χ4v) is 2.25. The van der Waals surface area contributed by atoms with Crippen LogP contribution in [-0.2, 0) is 4.79 Å². The van der Waals surface area contributed by atoms with Crippen molar-refractivity contribution in [1.29, 1.82) is 0 Å². The van der Waals surface area contributed by atoms with Gasteiger partial charge in [-0.3, -0.25) is 4.79 Å². The van der Waals surface area contributed by atoms with E-state index in [1.54, 1.807) is 10.9 Å². The minimum Gasteiger partial charge on any atom is -0.322 e. The first-order valence-corrected chi connectivity index (χ1v) is 6.47. The molecular formula is C14H16N4O. The highest BCUT2D eigenvalue weighted by molar-refractivity contribution is 5.94. The molecule has 2 N–H and O–H groups in total. The smallest absolute Gasteiger partial charge is 0.241 e. The minimum atomic E-state index is -0.0694. The number of hydrogen-bond acceptors (Lipinski definition) is 3. The Morgan fingerprint density at radius 3 is 2.95 bits per heavy atom. The van der Waals surface area contributed by atoms with Gasteiger partial charge in [-0.2, -0.15) is 5.10 Å². The van der Waals surface area contributed by atoms with E-state index in [1.165, 1.54) is 0 Å². The van der Waals surface area contributed by atoms with Gasteiger partial charge < -0.3 is 10.6 Å². The van der Waals surface area contributed by atoms with Gasteiger partial charge in [0.05, 0.1) is 29.8 Å². The second-order valence-corrected chi connectivity index (χ2v) is 4.65. The Hall–Kier alpha value is -2.14. The topological polar surface area (TPSA) is 59.0 Å². The van der Waals surface area contributed by atoms with Crippen molar-refractivity contribution in [3.8, 4) is 5.69 Å². The number of nitrogens with zero attached hydrogens (tertiary/aromatic N) is 2. The van der Waals surface area contributed by atoms with Crippen molar-refractivity contribution in [3.63, 3.8) is 0 Å². The first kappa shape index (κ1) is 11.9. The van der Waals surface area contributed by atoms with Crippen LogP contribution >= 0.6 is 0 Å². The van der Waals surface area contributed by atoms with Gasteiger partial charge in [0.15, 0.2) is 0 Å². The Kier molecular flexibility index (Phi) is 3.29. The summed E-state index contributed by atoms with van der Waals surface area (Å²) < 4.78 is 1.75. The fourth-order valence-electron chi connectivity index (χ4n) is 2.25. The Bertz CT molecular complexity index is 558. The zero-order valence-electron chi connectivity index (χ0n) is 10.5. The van der Waals surface area contributed by atoms with E-state index in [0.717, 1.165) is 30.8 Å². The Morgan fingerprint density at radius 1 is 1.37 bits per heavy atom. The summed E-state index contributed by atoms with van der Waals surface area (Å²) in [5.74, 6) is 0.0186. The predicted octanol–water partition coefficient (Wildman–Crippen LogP) is 1.56. The van der Waals surface area contributed by atoms with Gasteiger partial charge in [0.2, 0.25) is 5.91 Å². The van der Waals surface area contributed by atoms with Crippen LogP contribution in [0, 0.1) is 0 Å². The highest BCUT2D eigenvalue weighted by Gasteiger charge is 2.22. The highest BCUT2D eigenvalue weighted by atomic mass is 16.2. The van der Waals surface area contributed by atoms with Gasteiger partial charge in [0.1, 0.15) is 0 Å². The van der Waals surface area contributed by atoms with Crippen molar-refractivity contribution < 1.29 is 4.79 Å². The molecule has 1 amide bonds. The van der Waals surface area contributed by atoms with Gasteiger partial charge in [-0.15, -0.1) is 0 Å². The Balaban J connectivity index is 1.70. The van der Waals surface area contributed by atoms with E-state index in [4.69, 9.17) is 0 Å². The predicted molar refractivity (Wildman–Crippen MR) is 73.2 cm³/mol. The number of nitrogens with one attached hydrogen (secondary N) is 2. The molecule has 0 spiro atoms. The molecule has 1 aliphatic heterocycles. The Labute approximate surface area is 111 Å². The highest BCUT2D eigenvalue weighted by Crippen LogP contribution is 2.13. The monoisotopic (exact) mass is 256 g/mol. The van der Waals surface area contributed by atoms with Crippen LogP contribution in [0.15, 0.2) is 42.7 Å². The van der Waals surface area contributed by atoms with Crippen molar-refractivity contribution in [2.75, 3.05) is 11.9 Å². The van der Waals surface area contributed by atoms with Crippen molar-refractivity contribution in [2.24, 2.45) is 0 Å². The molecule has 1 unspecified atom stereocenters. The van der Waals surface area contributed by atoms with Crippen LogP contribution in [0.25, 0.3) is 5.69 Å². The molecule has 0 radical (unpaired) electrons. The van der Waals surface area contributed by atoms with Crippen molar-refractivity contribution in [1.82, 2.24) is 15.1 Å². The number of anilines is 1. The lowest BCUT2D eigenvalue weighted by molar-refractivity contribution is -0.117. The summed E-state index contributed by atoms with van der Waals surface area (Å²) in [6.45, 7) is 0.918. The van der Waals surface area contributed by atoms with Crippen LogP contribution in [0.3, 0.4) is 0 Å². The maximum atomic E-state index is 11.9. The van der Waals surface area contributed by atoms with Gasteiger partial charge in [0, 0.05) is 0 Å². The Morgan fingerprint density at radius 2 is 2.21 bits per heavy atom. The van der Waals surface area contributed by atoms with E-state index in [1.807, 2.05) is 36.5 Å². The number of benzene rings is 1. The molecule has 2 heterocycles. The summed E-state index contributed by atoms with van der Waals surface area (Å²) in [5.41, 5.74) is 1.70. The maximum Gasteiger partial charge on any atom is 0.241 e. The third-order valence-electron chi connectivity index (χ3n) is 3.25. The summed E-state index contributed by atoms with van der Waals surface area (Å²) in [6, 6.07) is 9.74. The second-order valence-electron chi connectivity index (χ2n) is 4.65. The number of aromatic nitrogens is 2. The van der Waals surface area contributed by atoms with E-state index in [-0.39, 0.29) is 11.9 Å². The molecule has 2 aromatic rings. The molecule has 3 rings (SSSR count). The summed E-state index contributed by atoms with van der Waals surface area (Å²) in [7, 11) is 0. The quantitative estimate of drug-likeness (QED) is 0.876. The molecule has 1 aromatic heterocycles. The van der Waals surface area contributed by atoms with Crippen LogP contribution in [0.1, 0.15) is 12.8 Å². The molecule has 1 aliphatic rings. The van der Waals surface area contributed by atoms with Gasteiger partial charge in [0.25, 0.3) is 0 Å². The molecule has 5 nitrogen and oxygen atoms in total. The van der Waals surface area contributed by atoms with Crippen molar-refractivity contribution in [2.45, 2.75) is 18.9 Å². The van der Waals surface area contributed by atoms with E-state index < -0.39 is 0 Å². The molecular weight excluding hydrogens is 240 g/mol. The molecule has 1 aromatic carbocycles. The number of rotatable bonds is 3. The molecule has 5 heteroatoms. The third kappa shape index (κ3) is 2.66. The van der Waals surface area contributed by atoms with E-state index in [0.29, 0.717) is 0 Å². The lowest BCUT2D eigenvalue weighted by Crippen LogP contribution is -2.35. The lowest BCUT2D eigenvalue weighted by Gasteiger charge is -2.08. The van der Waals surface area contributed by atoms with Crippen LogP contribution in [-0.4, -0.2) is 28.3 Å². The zero-order chi connectivity index (χ0) is 13.1. The lowest BCUT2D eigenvalue weighted by atomic mass is 10.2. The molecule has 19 heavy (non-hydrogen) atoms. The van der Waals surface area contributed by atoms with Gasteiger partial charge in [-0.25, -0.2) is 4.68 Å². The molecule has 0 aliphatic carbocycles. The van der Waals surface area contributed by atoms with E-state index in [2.05, 4.69) is 15.7 Å². The molecule has 1 saturated heterocycles. The first-order chi connectivity index (χ1) is 9.33. The average molecular weight is 256 g/mol. The zero-order valence-corrected chi connectivity index (χ0v) is 10.5. The second kappa shape index (κ2) is 5.24. The molecule has 1 atom stereocenters. The molecule has 0 saturated carbocycles. The summed E-state index contributed by atoms with van der Waals surface area (Å²) >= 11 is 0. The van der Waals surface area contributed by atoms with E-state index >= 15 is 0 Å². The minimum absolute atomic E-state index is 0.0186. The summed E-state index contributed by atoms with van der Waals surface area (Å²) in [4.78, 5) is 11.9. The number of hydrogen-bond donors (Lipinski definition) is 2. The molecule has 98 valence electrons. The number of amides is 1. The van der Waals surface area contributed by atoms with Gasteiger partial charge in [-0.05, 0) is 31.5 Å².